The van der Waals surface area contributed by atoms with Gasteiger partial charge in [-0.15, -0.1) is 10.2 Å². The largest absolute Gasteiger partial charge is 0.301 e. The predicted octanol–water partition coefficient (Wildman–Crippen LogP) is 0.312. The van der Waals surface area contributed by atoms with Crippen LogP contribution in [0.4, 0.5) is 0 Å². The zero-order chi connectivity index (χ0) is 8.84. The molecule has 1 aromatic rings. The molecule has 0 N–H and O–H groups in total. The van der Waals surface area contributed by atoms with Crippen molar-refractivity contribution in [3.05, 3.63) is 4.73 Å². The van der Waals surface area contributed by atoms with Crippen LogP contribution >= 0.6 is 15.9 Å². The van der Waals surface area contributed by atoms with Gasteiger partial charge in [0.2, 0.25) is 4.73 Å². The predicted molar refractivity (Wildman–Crippen MR) is 49.1 cm³/mol. The van der Waals surface area contributed by atoms with Gasteiger partial charge >= 0.3 is 0 Å². The van der Waals surface area contributed by atoms with Crippen LogP contribution in [0.2, 0.25) is 0 Å². The van der Waals surface area contributed by atoms with E-state index in [0.29, 0.717) is 10.8 Å². The number of piperidine rings is 1. The molecule has 0 aliphatic carbocycles. The average Bonchev–Trinajstić information content (AvgIpc) is 2.77. The standard InChI is InChI=1S/C7H10BrN5/c8-7-9-11-13(10-7)6-4-12-2-1-5(6)3-12/h5-6H,1-4H2/t5-,6+/m1/s1. The molecule has 70 valence electrons. The number of halogens is 1. The first-order valence-corrected chi connectivity index (χ1v) is 5.29. The molecule has 0 spiro atoms. The summed E-state index contributed by atoms with van der Waals surface area (Å²) in [6.45, 7) is 3.55. The topological polar surface area (TPSA) is 46.8 Å². The highest BCUT2D eigenvalue weighted by molar-refractivity contribution is 9.10. The average molecular weight is 244 g/mol. The Morgan fingerprint density at radius 1 is 1.38 bits per heavy atom. The Bertz CT molecular complexity index is 324. The van der Waals surface area contributed by atoms with Gasteiger partial charge in [-0.05, 0) is 40.0 Å². The molecule has 0 amide bonds. The maximum Gasteiger partial charge on any atom is 0.239 e. The molecule has 2 aliphatic heterocycles. The van der Waals surface area contributed by atoms with E-state index in [-0.39, 0.29) is 0 Å². The third-order valence-electron chi connectivity index (χ3n) is 3.00. The van der Waals surface area contributed by atoms with Crippen molar-refractivity contribution < 1.29 is 0 Å². The van der Waals surface area contributed by atoms with Gasteiger partial charge in [-0.2, -0.15) is 4.80 Å². The first kappa shape index (κ1) is 7.87. The molecular weight excluding hydrogens is 234 g/mol. The SMILES string of the molecule is Brc1nnn([C@H]2CN3CC[C@@H]2C3)n1. The van der Waals surface area contributed by atoms with Gasteiger partial charge in [0.1, 0.15) is 0 Å². The monoisotopic (exact) mass is 243 g/mol. The van der Waals surface area contributed by atoms with Gasteiger partial charge < -0.3 is 4.90 Å². The zero-order valence-corrected chi connectivity index (χ0v) is 8.68. The third-order valence-corrected chi connectivity index (χ3v) is 3.32. The van der Waals surface area contributed by atoms with Crippen LogP contribution in [-0.2, 0) is 0 Å². The highest BCUT2D eigenvalue weighted by atomic mass is 79.9. The van der Waals surface area contributed by atoms with Gasteiger partial charge in [0.25, 0.3) is 0 Å². The minimum Gasteiger partial charge on any atom is -0.301 e. The van der Waals surface area contributed by atoms with E-state index in [1.807, 2.05) is 0 Å². The number of tetrazole rings is 1. The lowest BCUT2D eigenvalue weighted by Crippen LogP contribution is -2.27. The number of nitrogens with zero attached hydrogens (tertiary/aromatic N) is 5. The van der Waals surface area contributed by atoms with Gasteiger partial charge in [0.05, 0.1) is 6.04 Å². The summed E-state index contributed by atoms with van der Waals surface area (Å²) in [7, 11) is 0. The molecule has 2 saturated heterocycles. The summed E-state index contributed by atoms with van der Waals surface area (Å²) in [5.41, 5.74) is 0. The van der Waals surface area contributed by atoms with E-state index in [1.54, 1.807) is 4.80 Å². The van der Waals surface area contributed by atoms with Crippen molar-refractivity contribution in [3.63, 3.8) is 0 Å². The van der Waals surface area contributed by atoms with E-state index >= 15 is 0 Å². The summed E-state index contributed by atoms with van der Waals surface area (Å²) < 4.78 is 0.588. The maximum atomic E-state index is 4.20. The Morgan fingerprint density at radius 3 is 2.85 bits per heavy atom. The number of hydrogen-bond acceptors (Lipinski definition) is 4. The summed E-state index contributed by atoms with van der Waals surface area (Å²) in [4.78, 5) is 4.22. The van der Waals surface area contributed by atoms with Crippen molar-refractivity contribution in [2.45, 2.75) is 12.5 Å². The highest BCUT2D eigenvalue weighted by Crippen LogP contribution is 2.35. The van der Waals surface area contributed by atoms with Crippen LogP contribution in [0.1, 0.15) is 12.5 Å². The second-order valence-electron chi connectivity index (χ2n) is 3.75. The van der Waals surface area contributed by atoms with Crippen molar-refractivity contribution in [2.75, 3.05) is 19.6 Å². The molecule has 3 atom stereocenters. The lowest BCUT2D eigenvalue weighted by atomic mass is 10.0. The first-order valence-electron chi connectivity index (χ1n) is 4.50. The quantitative estimate of drug-likeness (QED) is 0.713. The van der Waals surface area contributed by atoms with Crippen LogP contribution in [0.5, 0.6) is 0 Å². The van der Waals surface area contributed by atoms with E-state index < -0.39 is 0 Å². The fourth-order valence-corrected chi connectivity index (χ4v) is 2.60. The number of fused-ring (bicyclic) bond motifs is 2. The normalized spacial score (nSPS) is 37.2. The van der Waals surface area contributed by atoms with Crippen molar-refractivity contribution in [1.82, 2.24) is 25.1 Å². The van der Waals surface area contributed by atoms with E-state index in [0.717, 1.165) is 12.5 Å². The summed E-state index contributed by atoms with van der Waals surface area (Å²) >= 11 is 3.21. The first-order chi connectivity index (χ1) is 6.33. The van der Waals surface area contributed by atoms with Crippen molar-refractivity contribution >= 4 is 15.9 Å². The summed E-state index contributed by atoms with van der Waals surface area (Å²) in [6.07, 6.45) is 1.28. The van der Waals surface area contributed by atoms with Crippen molar-refractivity contribution in [2.24, 2.45) is 5.92 Å². The molecule has 0 saturated carbocycles. The van der Waals surface area contributed by atoms with Crippen LogP contribution in [-0.4, -0.2) is 44.7 Å². The molecule has 2 aliphatic rings. The van der Waals surface area contributed by atoms with E-state index in [4.69, 9.17) is 0 Å². The minimum absolute atomic E-state index is 0.451. The Labute approximate surface area is 84.2 Å². The van der Waals surface area contributed by atoms with Crippen LogP contribution in [0.25, 0.3) is 0 Å². The smallest absolute Gasteiger partial charge is 0.239 e. The molecule has 13 heavy (non-hydrogen) atoms. The summed E-state index contributed by atoms with van der Waals surface area (Å²) in [5.74, 6) is 0.737. The van der Waals surface area contributed by atoms with Gasteiger partial charge in [-0.25, -0.2) is 0 Å². The molecule has 0 aromatic carbocycles. The minimum atomic E-state index is 0.451. The molecule has 1 unspecified atom stereocenters. The van der Waals surface area contributed by atoms with E-state index in [9.17, 15) is 0 Å². The maximum absolute atomic E-state index is 4.20. The Balaban J connectivity index is 1.87. The molecule has 1 aromatic heterocycles. The fraction of sp³-hybridized carbons (Fsp3) is 0.857. The molecule has 3 rings (SSSR count). The van der Waals surface area contributed by atoms with E-state index in [2.05, 4.69) is 36.2 Å². The second kappa shape index (κ2) is 2.75. The molecule has 0 radical (unpaired) electrons. The molecule has 3 heterocycles. The van der Waals surface area contributed by atoms with Gasteiger partial charge in [-0.3, -0.25) is 0 Å². The lowest BCUT2D eigenvalue weighted by Gasteiger charge is -2.20. The number of hydrogen-bond donors (Lipinski definition) is 0. The lowest BCUT2D eigenvalue weighted by molar-refractivity contribution is 0.263. The van der Waals surface area contributed by atoms with Crippen LogP contribution in [0.3, 0.4) is 0 Å². The fourth-order valence-electron chi connectivity index (χ4n) is 2.37. The molecule has 5 nitrogen and oxygen atoms in total. The van der Waals surface area contributed by atoms with Crippen molar-refractivity contribution in [3.8, 4) is 0 Å². The molecule has 2 bridgehead atoms. The summed E-state index contributed by atoms with van der Waals surface area (Å²) in [6, 6.07) is 0.451. The number of rotatable bonds is 1. The van der Waals surface area contributed by atoms with Gasteiger partial charge in [-0.1, -0.05) is 0 Å². The molecule has 2 fully saturated rings. The third kappa shape index (κ3) is 1.20. The highest BCUT2D eigenvalue weighted by Gasteiger charge is 2.40. The van der Waals surface area contributed by atoms with Crippen LogP contribution in [0.15, 0.2) is 4.73 Å². The Hall–Kier alpha value is -0.490. The number of aromatic nitrogens is 4. The van der Waals surface area contributed by atoms with Crippen LogP contribution in [0, 0.1) is 5.92 Å². The van der Waals surface area contributed by atoms with Gasteiger partial charge in [0.15, 0.2) is 0 Å². The Morgan fingerprint density at radius 2 is 2.31 bits per heavy atom. The van der Waals surface area contributed by atoms with E-state index in [1.165, 1.54) is 19.5 Å². The Kier molecular flexibility index (Phi) is 1.66. The van der Waals surface area contributed by atoms with Crippen molar-refractivity contribution in [1.29, 1.82) is 0 Å². The van der Waals surface area contributed by atoms with Gasteiger partial charge in [0, 0.05) is 13.1 Å². The zero-order valence-electron chi connectivity index (χ0n) is 7.10. The molecular formula is C7H10BrN5. The van der Waals surface area contributed by atoms with Crippen LogP contribution < -0.4 is 0 Å². The summed E-state index contributed by atoms with van der Waals surface area (Å²) in [5, 5.41) is 12.0. The second-order valence-corrected chi connectivity index (χ2v) is 4.46. The molecule has 6 heteroatoms.